The summed E-state index contributed by atoms with van der Waals surface area (Å²) < 4.78 is 7.08. The lowest BCUT2D eigenvalue weighted by atomic mass is 10.3. The number of methoxy groups -OCH3 is 1. The van der Waals surface area contributed by atoms with Gasteiger partial charge in [-0.1, -0.05) is 0 Å². The standard InChI is InChI=1S/C13H23N3O2/c1-3-15-13(17)6-9-16-8-4-5-12(16)11-14-7-10-18-2/h4-5,8,14H,3,6-7,9-11H2,1-2H3,(H,15,17). The fraction of sp³-hybridized carbons (Fsp3) is 0.615. The molecule has 1 rings (SSSR count). The van der Waals surface area contributed by atoms with Crippen molar-refractivity contribution in [3.63, 3.8) is 0 Å². The van der Waals surface area contributed by atoms with Crippen LogP contribution in [0.4, 0.5) is 0 Å². The maximum atomic E-state index is 11.4. The lowest BCUT2D eigenvalue weighted by Crippen LogP contribution is -2.25. The summed E-state index contributed by atoms with van der Waals surface area (Å²) in [4.78, 5) is 11.4. The van der Waals surface area contributed by atoms with Gasteiger partial charge >= 0.3 is 0 Å². The summed E-state index contributed by atoms with van der Waals surface area (Å²) in [6.07, 6.45) is 2.53. The number of carbonyl (C=O) groups excluding carboxylic acids is 1. The van der Waals surface area contributed by atoms with E-state index in [0.717, 1.165) is 19.6 Å². The van der Waals surface area contributed by atoms with E-state index >= 15 is 0 Å². The molecule has 5 heteroatoms. The van der Waals surface area contributed by atoms with E-state index in [2.05, 4.69) is 21.3 Å². The van der Waals surface area contributed by atoms with Gasteiger partial charge in [-0.3, -0.25) is 4.79 Å². The van der Waals surface area contributed by atoms with Crippen molar-refractivity contribution in [3.8, 4) is 0 Å². The van der Waals surface area contributed by atoms with E-state index in [0.29, 0.717) is 19.6 Å². The van der Waals surface area contributed by atoms with Crippen LogP contribution in [0.15, 0.2) is 18.3 Å². The molecule has 1 aromatic rings. The summed E-state index contributed by atoms with van der Waals surface area (Å²) in [6.45, 7) is 5.68. The van der Waals surface area contributed by atoms with E-state index in [-0.39, 0.29) is 5.91 Å². The van der Waals surface area contributed by atoms with E-state index in [9.17, 15) is 4.79 Å². The van der Waals surface area contributed by atoms with Crippen LogP contribution in [-0.4, -0.2) is 37.3 Å². The smallest absolute Gasteiger partial charge is 0.221 e. The first-order chi connectivity index (χ1) is 8.77. The number of ether oxygens (including phenoxy) is 1. The molecule has 18 heavy (non-hydrogen) atoms. The number of nitrogens with zero attached hydrogens (tertiary/aromatic N) is 1. The monoisotopic (exact) mass is 253 g/mol. The van der Waals surface area contributed by atoms with Gasteiger partial charge in [0.25, 0.3) is 0 Å². The van der Waals surface area contributed by atoms with Crippen molar-refractivity contribution in [1.29, 1.82) is 0 Å². The third-order valence-corrected chi connectivity index (χ3v) is 2.67. The first kappa shape index (κ1) is 14.7. The van der Waals surface area contributed by atoms with Gasteiger partial charge in [-0.25, -0.2) is 0 Å². The van der Waals surface area contributed by atoms with Gasteiger partial charge in [0.1, 0.15) is 0 Å². The largest absolute Gasteiger partial charge is 0.383 e. The molecular formula is C13H23N3O2. The van der Waals surface area contributed by atoms with Gasteiger partial charge in [0.2, 0.25) is 5.91 Å². The number of hydrogen-bond acceptors (Lipinski definition) is 3. The van der Waals surface area contributed by atoms with Crippen LogP contribution in [0, 0.1) is 0 Å². The van der Waals surface area contributed by atoms with Crippen LogP contribution in [0.2, 0.25) is 0 Å². The fourth-order valence-corrected chi connectivity index (χ4v) is 1.73. The molecule has 0 aliphatic carbocycles. The predicted octanol–water partition coefficient (Wildman–Crippen LogP) is 0.750. The molecule has 0 aliphatic rings. The second-order valence-electron chi connectivity index (χ2n) is 4.07. The Balaban J connectivity index is 2.32. The summed E-state index contributed by atoms with van der Waals surface area (Å²) in [5.74, 6) is 0.101. The van der Waals surface area contributed by atoms with Crippen LogP contribution in [0.25, 0.3) is 0 Å². The van der Waals surface area contributed by atoms with E-state index in [4.69, 9.17) is 4.74 Å². The van der Waals surface area contributed by atoms with Crippen molar-refractivity contribution in [3.05, 3.63) is 24.0 Å². The molecule has 5 nitrogen and oxygen atoms in total. The summed E-state index contributed by atoms with van der Waals surface area (Å²) in [6, 6.07) is 4.07. The normalized spacial score (nSPS) is 10.6. The Bertz CT molecular complexity index is 350. The van der Waals surface area contributed by atoms with E-state index in [1.165, 1.54) is 5.69 Å². The Labute approximate surface area is 109 Å². The van der Waals surface area contributed by atoms with Crippen molar-refractivity contribution in [2.45, 2.75) is 26.4 Å². The Hall–Kier alpha value is -1.33. The average Bonchev–Trinajstić information content (AvgIpc) is 2.80. The van der Waals surface area contributed by atoms with Gasteiger partial charge in [-0.15, -0.1) is 0 Å². The number of amides is 1. The maximum Gasteiger partial charge on any atom is 0.221 e. The number of nitrogens with one attached hydrogen (secondary N) is 2. The molecule has 0 saturated carbocycles. The summed E-state index contributed by atoms with van der Waals surface area (Å²) >= 11 is 0. The molecule has 0 aliphatic heterocycles. The topological polar surface area (TPSA) is 55.3 Å². The van der Waals surface area contributed by atoms with Crippen molar-refractivity contribution in [1.82, 2.24) is 15.2 Å². The van der Waals surface area contributed by atoms with Crippen LogP contribution in [0.5, 0.6) is 0 Å². The number of hydrogen-bond donors (Lipinski definition) is 2. The lowest BCUT2D eigenvalue weighted by molar-refractivity contribution is -0.121. The van der Waals surface area contributed by atoms with Crippen LogP contribution >= 0.6 is 0 Å². The molecule has 1 amide bonds. The third-order valence-electron chi connectivity index (χ3n) is 2.67. The molecule has 1 heterocycles. The molecule has 0 unspecified atom stereocenters. The highest BCUT2D eigenvalue weighted by Crippen LogP contribution is 2.03. The highest BCUT2D eigenvalue weighted by atomic mass is 16.5. The highest BCUT2D eigenvalue weighted by molar-refractivity contribution is 5.75. The summed E-state index contributed by atoms with van der Waals surface area (Å²) in [5, 5.41) is 6.10. The second kappa shape index (κ2) is 8.72. The third kappa shape index (κ3) is 5.33. The van der Waals surface area contributed by atoms with E-state index < -0.39 is 0 Å². The average molecular weight is 253 g/mol. The first-order valence-electron chi connectivity index (χ1n) is 6.38. The van der Waals surface area contributed by atoms with Crippen molar-refractivity contribution < 1.29 is 9.53 Å². The van der Waals surface area contributed by atoms with Gasteiger partial charge in [-0.05, 0) is 19.1 Å². The Kier molecular flexibility index (Phi) is 7.13. The van der Waals surface area contributed by atoms with Gasteiger partial charge in [0.05, 0.1) is 6.61 Å². The number of aryl methyl sites for hydroxylation is 1. The van der Waals surface area contributed by atoms with Gasteiger partial charge < -0.3 is 19.9 Å². The molecule has 0 aromatic carbocycles. The van der Waals surface area contributed by atoms with E-state index in [1.807, 2.05) is 19.2 Å². The van der Waals surface area contributed by atoms with Crippen LogP contribution < -0.4 is 10.6 Å². The molecule has 0 atom stereocenters. The van der Waals surface area contributed by atoms with E-state index in [1.54, 1.807) is 7.11 Å². The molecule has 0 radical (unpaired) electrons. The summed E-state index contributed by atoms with van der Waals surface area (Å²) in [5.41, 5.74) is 1.19. The van der Waals surface area contributed by atoms with Gasteiger partial charge in [0, 0.05) is 51.6 Å². The van der Waals surface area contributed by atoms with Crippen LogP contribution in [0.1, 0.15) is 19.0 Å². The quantitative estimate of drug-likeness (QED) is 0.639. The molecule has 0 spiro atoms. The van der Waals surface area contributed by atoms with Crippen LogP contribution in [0.3, 0.4) is 0 Å². The Morgan fingerprint density at radius 1 is 1.50 bits per heavy atom. The van der Waals surface area contributed by atoms with Gasteiger partial charge in [0.15, 0.2) is 0 Å². The fourth-order valence-electron chi connectivity index (χ4n) is 1.73. The SMILES string of the molecule is CCNC(=O)CCn1cccc1CNCCOC. The summed E-state index contributed by atoms with van der Waals surface area (Å²) in [7, 11) is 1.69. The first-order valence-corrected chi connectivity index (χ1v) is 6.38. The minimum Gasteiger partial charge on any atom is -0.383 e. The zero-order chi connectivity index (χ0) is 13.2. The predicted molar refractivity (Wildman–Crippen MR) is 71.3 cm³/mol. The van der Waals surface area contributed by atoms with Gasteiger partial charge in [-0.2, -0.15) is 0 Å². The zero-order valence-corrected chi connectivity index (χ0v) is 11.2. The van der Waals surface area contributed by atoms with Crippen molar-refractivity contribution in [2.75, 3.05) is 26.8 Å². The lowest BCUT2D eigenvalue weighted by Gasteiger charge is -2.10. The Morgan fingerprint density at radius 2 is 2.33 bits per heavy atom. The van der Waals surface area contributed by atoms with Crippen molar-refractivity contribution in [2.24, 2.45) is 0 Å². The molecular weight excluding hydrogens is 230 g/mol. The molecule has 1 aromatic heterocycles. The second-order valence-corrected chi connectivity index (χ2v) is 4.07. The molecule has 2 N–H and O–H groups in total. The highest BCUT2D eigenvalue weighted by Gasteiger charge is 2.03. The molecule has 0 saturated heterocycles. The maximum absolute atomic E-state index is 11.4. The molecule has 102 valence electrons. The van der Waals surface area contributed by atoms with Crippen LogP contribution in [-0.2, 0) is 22.6 Å². The molecule has 0 bridgehead atoms. The Morgan fingerprint density at radius 3 is 3.06 bits per heavy atom. The zero-order valence-electron chi connectivity index (χ0n) is 11.2. The van der Waals surface area contributed by atoms with Crippen molar-refractivity contribution >= 4 is 5.91 Å². The minimum absolute atomic E-state index is 0.101. The molecule has 0 fully saturated rings. The number of rotatable bonds is 9. The minimum atomic E-state index is 0.101. The number of aromatic nitrogens is 1. The number of carbonyl (C=O) groups is 1.